The summed E-state index contributed by atoms with van der Waals surface area (Å²) < 4.78 is 32.4. The van der Waals surface area contributed by atoms with Crippen LogP contribution in [0.25, 0.3) is 0 Å². The lowest BCUT2D eigenvalue weighted by atomic mass is 10.2. The molecule has 0 radical (unpaired) electrons. The van der Waals surface area contributed by atoms with Crippen molar-refractivity contribution in [1.82, 2.24) is 9.21 Å². The number of ether oxygens (including phenoxy) is 1. The van der Waals surface area contributed by atoms with Crippen LogP contribution in [0.3, 0.4) is 0 Å². The van der Waals surface area contributed by atoms with E-state index in [0.717, 1.165) is 18.9 Å². The van der Waals surface area contributed by atoms with Crippen LogP contribution in [0, 0.1) is 10.1 Å². The number of hydrogen-bond donors (Lipinski definition) is 1. The molecule has 3 rings (SSSR count). The van der Waals surface area contributed by atoms with Crippen molar-refractivity contribution in [2.24, 2.45) is 0 Å². The molecule has 0 spiro atoms. The van der Waals surface area contributed by atoms with Gasteiger partial charge in [0.15, 0.2) is 6.29 Å². The van der Waals surface area contributed by atoms with Crippen LogP contribution < -0.4 is 5.48 Å². The van der Waals surface area contributed by atoms with Crippen LogP contribution in [0.5, 0.6) is 0 Å². The van der Waals surface area contributed by atoms with Crippen molar-refractivity contribution >= 4 is 21.4 Å². The summed E-state index contributed by atoms with van der Waals surface area (Å²) in [4.78, 5) is 18.1. The van der Waals surface area contributed by atoms with Crippen LogP contribution in [0.4, 0.5) is 11.4 Å². The molecule has 1 aromatic carbocycles. The monoisotopic (exact) mass is 400 g/mol. The van der Waals surface area contributed by atoms with Gasteiger partial charge in [-0.25, -0.2) is 13.3 Å². The molecule has 0 aliphatic carbocycles. The molecule has 0 aromatic heterocycles. The fourth-order valence-electron chi connectivity index (χ4n) is 3.02. The maximum atomic E-state index is 12.8. The highest BCUT2D eigenvalue weighted by Gasteiger charge is 2.30. The van der Waals surface area contributed by atoms with Crippen LogP contribution in [0.1, 0.15) is 19.3 Å². The lowest BCUT2D eigenvalue weighted by Crippen LogP contribution is -2.47. The molecule has 2 heterocycles. The molecule has 2 aliphatic rings. The largest absolute Gasteiger partial charge is 0.350 e. The second kappa shape index (κ2) is 8.48. The van der Waals surface area contributed by atoms with E-state index in [2.05, 4.69) is 5.48 Å². The van der Waals surface area contributed by atoms with E-state index in [-0.39, 0.29) is 16.3 Å². The van der Waals surface area contributed by atoms with E-state index in [1.165, 1.54) is 16.4 Å². The Bertz CT molecular complexity index is 773. The average Bonchev–Trinajstić information content (AvgIpc) is 2.67. The number of nitrogens with one attached hydrogen (secondary N) is 1. The fourth-order valence-corrected chi connectivity index (χ4v) is 4.46. The molecule has 2 saturated heterocycles. The summed E-state index contributed by atoms with van der Waals surface area (Å²) in [5, 5.41) is 11.4. The van der Waals surface area contributed by atoms with Crippen molar-refractivity contribution in [1.29, 1.82) is 0 Å². The standard InChI is InChI=1S/C16H24N4O6S/c1-18-7-9-19(10-8-18)27(23,24)13-5-6-14(15(12-13)20(21)22)17-26-16-4-2-3-11-25-16/h5-6,12,16-17H,2-4,7-11H2,1H3. The number of nitro groups is 1. The predicted molar refractivity (Wildman–Crippen MR) is 97.7 cm³/mol. The molecule has 27 heavy (non-hydrogen) atoms. The Hall–Kier alpha value is -1.79. The Kier molecular flexibility index (Phi) is 6.27. The summed E-state index contributed by atoms with van der Waals surface area (Å²) in [6.07, 6.45) is 2.12. The number of nitrogens with zero attached hydrogens (tertiary/aromatic N) is 3. The van der Waals surface area contributed by atoms with Crippen molar-refractivity contribution < 1.29 is 22.9 Å². The lowest BCUT2D eigenvalue weighted by molar-refractivity contribution is -0.384. The Morgan fingerprint density at radius 2 is 2.00 bits per heavy atom. The maximum absolute atomic E-state index is 12.8. The topological polar surface area (TPSA) is 114 Å². The van der Waals surface area contributed by atoms with Crippen LogP contribution in [0.2, 0.25) is 0 Å². The third-order valence-corrected chi connectivity index (χ3v) is 6.60. The van der Waals surface area contributed by atoms with E-state index in [4.69, 9.17) is 9.57 Å². The molecule has 2 fully saturated rings. The highest BCUT2D eigenvalue weighted by molar-refractivity contribution is 7.89. The molecule has 1 N–H and O–H groups in total. The molecule has 1 aromatic rings. The molecule has 11 heteroatoms. The van der Waals surface area contributed by atoms with Gasteiger partial charge in [-0.1, -0.05) is 0 Å². The number of hydrogen-bond acceptors (Lipinski definition) is 8. The quantitative estimate of drug-likeness (QED) is 0.563. The summed E-state index contributed by atoms with van der Waals surface area (Å²) in [5.41, 5.74) is 2.28. The van der Waals surface area contributed by atoms with Gasteiger partial charge in [-0.2, -0.15) is 4.31 Å². The molecular formula is C16H24N4O6S. The Labute approximate surface area is 158 Å². The third kappa shape index (κ3) is 4.74. The molecular weight excluding hydrogens is 376 g/mol. The second-order valence-electron chi connectivity index (χ2n) is 6.66. The van der Waals surface area contributed by atoms with Crippen molar-refractivity contribution in [2.45, 2.75) is 30.4 Å². The Balaban J connectivity index is 1.77. The molecule has 2 aliphatic heterocycles. The minimum atomic E-state index is -3.78. The molecule has 1 unspecified atom stereocenters. The first-order valence-corrected chi connectivity index (χ1v) is 10.3. The van der Waals surface area contributed by atoms with Crippen LogP contribution in [-0.4, -0.2) is 68.7 Å². The van der Waals surface area contributed by atoms with Gasteiger partial charge < -0.3 is 9.64 Å². The van der Waals surface area contributed by atoms with Crippen molar-refractivity contribution in [3.05, 3.63) is 28.3 Å². The minimum absolute atomic E-state index is 0.0894. The van der Waals surface area contributed by atoms with Crippen molar-refractivity contribution in [3.63, 3.8) is 0 Å². The van der Waals surface area contributed by atoms with Gasteiger partial charge in [0.05, 0.1) is 9.82 Å². The zero-order chi connectivity index (χ0) is 19.4. The highest BCUT2D eigenvalue weighted by Crippen LogP contribution is 2.30. The van der Waals surface area contributed by atoms with E-state index in [9.17, 15) is 18.5 Å². The predicted octanol–water partition coefficient (Wildman–Crippen LogP) is 1.40. The first-order valence-electron chi connectivity index (χ1n) is 8.88. The number of likely N-dealkylation sites (N-methyl/N-ethyl adjacent to an activating group) is 1. The van der Waals surface area contributed by atoms with E-state index >= 15 is 0 Å². The van der Waals surface area contributed by atoms with Gasteiger partial charge in [0.1, 0.15) is 5.69 Å². The van der Waals surface area contributed by atoms with Crippen LogP contribution in [-0.2, 0) is 19.6 Å². The van der Waals surface area contributed by atoms with Gasteiger partial charge in [0, 0.05) is 45.3 Å². The van der Waals surface area contributed by atoms with Gasteiger partial charge in [-0.05, 0) is 32.0 Å². The van der Waals surface area contributed by atoms with Gasteiger partial charge in [0.2, 0.25) is 10.0 Å². The van der Waals surface area contributed by atoms with Gasteiger partial charge >= 0.3 is 0 Å². The second-order valence-corrected chi connectivity index (χ2v) is 8.60. The summed E-state index contributed by atoms with van der Waals surface area (Å²) in [6, 6.07) is 3.78. The average molecular weight is 400 g/mol. The maximum Gasteiger partial charge on any atom is 0.295 e. The number of piperazine rings is 1. The molecule has 10 nitrogen and oxygen atoms in total. The Morgan fingerprint density at radius 3 is 2.63 bits per heavy atom. The Morgan fingerprint density at radius 1 is 1.26 bits per heavy atom. The lowest BCUT2D eigenvalue weighted by Gasteiger charge is -2.31. The van der Waals surface area contributed by atoms with Crippen molar-refractivity contribution in [3.8, 4) is 0 Å². The minimum Gasteiger partial charge on any atom is -0.350 e. The molecule has 150 valence electrons. The van der Waals surface area contributed by atoms with Crippen molar-refractivity contribution in [2.75, 3.05) is 45.3 Å². The summed E-state index contributed by atoms with van der Waals surface area (Å²) >= 11 is 0. The van der Waals surface area contributed by atoms with Gasteiger partial charge in [-0.15, -0.1) is 0 Å². The van der Waals surface area contributed by atoms with Crippen LogP contribution in [0.15, 0.2) is 23.1 Å². The van der Waals surface area contributed by atoms with Gasteiger partial charge in [-0.3, -0.25) is 15.6 Å². The molecule has 1 atom stereocenters. The zero-order valence-corrected chi connectivity index (χ0v) is 16.0. The number of rotatable bonds is 6. The number of anilines is 1. The molecule has 0 bridgehead atoms. The highest BCUT2D eigenvalue weighted by atomic mass is 32.2. The van der Waals surface area contributed by atoms with E-state index in [0.29, 0.717) is 39.2 Å². The normalized spacial score (nSPS) is 22.5. The summed E-state index contributed by atoms with van der Waals surface area (Å²) in [6.45, 7) is 2.53. The van der Waals surface area contributed by atoms with Gasteiger partial charge in [0.25, 0.3) is 5.69 Å². The van der Waals surface area contributed by atoms with E-state index in [1.807, 2.05) is 11.9 Å². The smallest absolute Gasteiger partial charge is 0.295 e. The SMILES string of the molecule is CN1CCN(S(=O)(=O)c2ccc(NOC3CCCCO3)c([N+](=O)[O-])c2)CC1. The molecule has 0 amide bonds. The first-order chi connectivity index (χ1) is 12.9. The first kappa shape index (κ1) is 20.0. The van der Waals surface area contributed by atoms with Crippen LogP contribution >= 0.6 is 0 Å². The third-order valence-electron chi connectivity index (χ3n) is 4.70. The summed E-state index contributed by atoms with van der Waals surface area (Å²) in [5.74, 6) is 0. The number of benzene rings is 1. The zero-order valence-electron chi connectivity index (χ0n) is 15.2. The molecule has 0 saturated carbocycles. The fraction of sp³-hybridized carbons (Fsp3) is 0.625. The number of sulfonamides is 1. The van der Waals surface area contributed by atoms with E-state index in [1.54, 1.807) is 0 Å². The number of nitro benzene ring substituents is 1. The van der Waals surface area contributed by atoms with E-state index < -0.39 is 21.2 Å². The summed E-state index contributed by atoms with van der Waals surface area (Å²) in [7, 11) is -1.86.